The second-order valence-corrected chi connectivity index (χ2v) is 4.87. The van der Waals surface area contributed by atoms with Crippen LogP contribution in [0.2, 0.25) is 0 Å². The van der Waals surface area contributed by atoms with Crippen LogP contribution in [0.3, 0.4) is 0 Å². The van der Waals surface area contributed by atoms with Gasteiger partial charge in [0.1, 0.15) is 0 Å². The first-order valence-electron chi connectivity index (χ1n) is 5.77. The number of unbranched alkanes of at least 4 members (excludes halogenated alkanes) is 1. The normalized spacial score (nSPS) is 32.2. The van der Waals surface area contributed by atoms with Crippen LogP contribution in [0.15, 0.2) is 0 Å². The molecule has 2 N–H and O–H groups in total. The lowest BCUT2D eigenvalue weighted by Crippen LogP contribution is -2.39. The first-order valence-corrected chi connectivity index (χ1v) is 6.20. The van der Waals surface area contributed by atoms with Gasteiger partial charge in [-0.15, -0.1) is 11.6 Å². The zero-order valence-corrected chi connectivity index (χ0v) is 9.99. The van der Waals surface area contributed by atoms with Crippen LogP contribution in [-0.2, 0) is 4.74 Å². The van der Waals surface area contributed by atoms with Crippen molar-refractivity contribution >= 4 is 11.6 Å². The molecule has 0 heterocycles. The summed E-state index contributed by atoms with van der Waals surface area (Å²) in [5.74, 6) is -0.224. The molecule has 1 aliphatic carbocycles. The van der Waals surface area contributed by atoms with Gasteiger partial charge in [-0.05, 0) is 25.7 Å². The second kappa shape index (κ2) is 6.69. The summed E-state index contributed by atoms with van der Waals surface area (Å²) in [5, 5.41) is 18.5. The van der Waals surface area contributed by atoms with Gasteiger partial charge in [0.15, 0.2) is 6.29 Å². The minimum absolute atomic E-state index is 0.0356. The number of alkyl halides is 1. The molecule has 0 radical (unpaired) electrons. The van der Waals surface area contributed by atoms with Gasteiger partial charge in [-0.3, -0.25) is 0 Å². The Bertz CT molecular complexity index is 175. The van der Waals surface area contributed by atoms with Gasteiger partial charge in [-0.2, -0.15) is 0 Å². The highest BCUT2D eigenvalue weighted by molar-refractivity contribution is 6.20. The van der Waals surface area contributed by atoms with Crippen molar-refractivity contribution in [3.05, 3.63) is 0 Å². The number of rotatable bonds is 5. The molecule has 1 fully saturated rings. The van der Waals surface area contributed by atoms with Crippen molar-refractivity contribution in [2.24, 2.45) is 5.92 Å². The van der Waals surface area contributed by atoms with E-state index < -0.39 is 6.29 Å². The van der Waals surface area contributed by atoms with Crippen molar-refractivity contribution in [2.45, 2.75) is 56.8 Å². The molecular weight excluding hydrogens is 216 g/mol. The van der Waals surface area contributed by atoms with Gasteiger partial charge in [0, 0.05) is 17.9 Å². The monoisotopic (exact) mass is 236 g/mol. The Balaban J connectivity index is 2.38. The van der Waals surface area contributed by atoms with Crippen LogP contribution in [0.4, 0.5) is 0 Å². The highest BCUT2D eigenvalue weighted by atomic mass is 35.5. The maximum absolute atomic E-state index is 9.24. The molecule has 0 aromatic heterocycles. The average molecular weight is 237 g/mol. The predicted molar refractivity (Wildman–Crippen MR) is 59.9 cm³/mol. The lowest BCUT2D eigenvalue weighted by Gasteiger charge is -2.34. The van der Waals surface area contributed by atoms with Gasteiger partial charge < -0.3 is 14.9 Å². The van der Waals surface area contributed by atoms with Crippen molar-refractivity contribution < 1.29 is 14.9 Å². The van der Waals surface area contributed by atoms with Crippen LogP contribution in [-0.4, -0.2) is 34.6 Å². The molecule has 90 valence electrons. The van der Waals surface area contributed by atoms with E-state index in [0.29, 0.717) is 13.0 Å². The molecule has 4 heteroatoms. The largest absolute Gasteiger partial charge is 0.378 e. The number of aliphatic hydroxyl groups is 2. The van der Waals surface area contributed by atoms with Gasteiger partial charge in [-0.1, -0.05) is 13.3 Å². The SMILES string of the molecule is CCCCOC1CCC(Cl)CC1C(O)O. The van der Waals surface area contributed by atoms with Crippen LogP contribution in [0, 0.1) is 5.92 Å². The number of hydrogen-bond acceptors (Lipinski definition) is 3. The summed E-state index contributed by atoms with van der Waals surface area (Å²) in [7, 11) is 0. The van der Waals surface area contributed by atoms with Crippen LogP contribution in [0.5, 0.6) is 0 Å². The van der Waals surface area contributed by atoms with E-state index in [-0.39, 0.29) is 17.4 Å². The van der Waals surface area contributed by atoms with E-state index in [4.69, 9.17) is 16.3 Å². The van der Waals surface area contributed by atoms with E-state index in [2.05, 4.69) is 6.92 Å². The molecule has 0 bridgehead atoms. The molecular formula is C11H21ClO3. The highest BCUT2D eigenvalue weighted by Crippen LogP contribution is 2.32. The molecule has 3 atom stereocenters. The topological polar surface area (TPSA) is 49.7 Å². The van der Waals surface area contributed by atoms with Gasteiger partial charge in [-0.25, -0.2) is 0 Å². The van der Waals surface area contributed by atoms with Crippen LogP contribution >= 0.6 is 11.6 Å². The molecule has 0 amide bonds. The molecule has 0 aromatic carbocycles. The smallest absolute Gasteiger partial charge is 0.156 e. The van der Waals surface area contributed by atoms with E-state index in [0.717, 1.165) is 25.7 Å². The lowest BCUT2D eigenvalue weighted by atomic mass is 9.85. The fraction of sp³-hybridized carbons (Fsp3) is 1.00. The second-order valence-electron chi connectivity index (χ2n) is 4.25. The Labute approximate surface area is 96.4 Å². The van der Waals surface area contributed by atoms with Crippen molar-refractivity contribution in [2.75, 3.05) is 6.61 Å². The number of hydrogen-bond donors (Lipinski definition) is 2. The maximum atomic E-state index is 9.24. The summed E-state index contributed by atoms with van der Waals surface area (Å²) in [5.41, 5.74) is 0. The summed E-state index contributed by atoms with van der Waals surface area (Å²) < 4.78 is 5.67. The summed E-state index contributed by atoms with van der Waals surface area (Å²) in [6.45, 7) is 2.81. The molecule has 0 aromatic rings. The van der Waals surface area contributed by atoms with E-state index in [1.165, 1.54) is 0 Å². The third kappa shape index (κ3) is 4.27. The van der Waals surface area contributed by atoms with Gasteiger partial charge in [0.2, 0.25) is 0 Å². The molecule has 3 unspecified atom stereocenters. The Morgan fingerprint density at radius 1 is 1.40 bits per heavy atom. The van der Waals surface area contributed by atoms with Crippen molar-refractivity contribution in [3.8, 4) is 0 Å². The molecule has 0 aliphatic heterocycles. The molecule has 3 nitrogen and oxygen atoms in total. The van der Waals surface area contributed by atoms with Crippen molar-refractivity contribution in [1.29, 1.82) is 0 Å². The summed E-state index contributed by atoms with van der Waals surface area (Å²) >= 11 is 6.00. The Morgan fingerprint density at radius 2 is 2.13 bits per heavy atom. The number of ether oxygens (including phenoxy) is 1. The highest BCUT2D eigenvalue weighted by Gasteiger charge is 2.34. The number of halogens is 1. The lowest BCUT2D eigenvalue weighted by molar-refractivity contribution is -0.143. The van der Waals surface area contributed by atoms with Crippen LogP contribution in [0.25, 0.3) is 0 Å². The molecule has 1 rings (SSSR count). The van der Waals surface area contributed by atoms with Gasteiger partial charge in [0.25, 0.3) is 0 Å². The standard InChI is InChI=1S/C11H21ClO3/c1-2-3-6-15-10-5-4-8(12)7-9(10)11(13)14/h8-11,13-14H,2-7H2,1H3. The molecule has 0 spiro atoms. The first-order chi connectivity index (χ1) is 7.15. The van der Waals surface area contributed by atoms with E-state index in [9.17, 15) is 10.2 Å². The Hall–Kier alpha value is 0.170. The van der Waals surface area contributed by atoms with Crippen LogP contribution < -0.4 is 0 Å². The minimum Gasteiger partial charge on any atom is -0.378 e. The quantitative estimate of drug-likeness (QED) is 0.436. The van der Waals surface area contributed by atoms with Crippen LogP contribution in [0.1, 0.15) is 39.0 Å². The van der Waals surface area contributed by atoms with Crippen molar-refractivity contribution in [3.63, 3.8) is 0 Å². The Kier molecular flexibility index (Phi) is 5.90. The summed E-state index contributed by atoms with van der Waals surface area (Å²) in [6.07, 6.45) is 3.15. The fourth-order valence-electron chi connectivity index (χ4n) is 2.02. The zero-order chi connectivity index (χ0) is 11.3. The molecule has 1 aliphatic rings. The summed E-state index contributed by atoms with van der Waals surface area (Å²) in [4.78, 5) is 0. The molecule has 15 heavy (non-hydrogen) atoms. The molecule has 0 saturated heterocycles. The summed E-state index contributed by atoms with van der Waals surface area (Å²) in [6, 6.07) is 0. The van der Waals surface area contributed by atoms with Gasteiger partial charge >= 0.3 is 0 Å². The van der Waals surface area contributed by atoms with E-state index in [1.807, 2.05) is 0 Å². The van der Waals surface area contributed by atoms with E-state index >= 15 is 0 Å². The maximum Gasteiger partial charge on any atom is 0.156 e. The zero-order valence-electron chi connectivity index (χ0n) is 9.23. The number of aliphatic hydroxyl groups excluding tert-OH is 1. The Morgan fingerprint density at radius 3 is 2.73 bits per heavy atom. The molecule has 1 saturated carbocycles. The predicted octanol–water partition coefficient (Wildman–Crippen LogP) is 1.89. The minimum atomic E-state index is -1.31. The van der Waals surface area contributed by atoms with Gasteiger partial charge in [0.05, 0.1) is 6.10 Å². The van der Waals surface area contributed by atoms with E-state index in [1.54, 1.807) is 0 Å². The third-order valence-corrected chi connectivity index (χ3v) is 3.38. The van der Waals surface area contributed by atoms with Crippen molar-refractivity contribution in [1.82, 2.24) is 0 Å². The third-order valence-electron chi connectivity index (χ3n) is 2.98. The average Bonchev–Trinajstić information content (AvgIpc) is 2.20. The fourth-order valence-corrected chi connectivity index (χ4v) is 2.36. The first kappa shape index (κ1) is 13.2.